The number of hydrogen-bond donors (Lipinski definition) is 1. The number of anilines is 1. The molecule has 1 aromatic rings. The van der Waals surface area contributed by atoms with E-state index < -0.39 is 10.2 Å². The number of ether oxygens (including phenoxy) is 1. The number of nitrogens with one attached hydrogen (secondary N) is 1. The Morgan fingerprint density at radius 1 is 1.12 bits per heavy atom. The van der Waals surface area contributed by atoms with Gasteiger partial charge in [0, 0.05) is 38.4 Å². The van der Waals surface area contributed by atoms with Crippen LogP contribution in [0.15, 0.2) is 24.3 Å². The highest BCUT2D eigenvalue weighted by Crippen LogP contribution is 2.24. The van der Waals surface area contributed by atoms with E-state index in [0.717, 1.165) is 30.8 Å². The van der Waals surface area contributed by atoms with Gasteiger partial charge >= 0.3 is 0 Å². The normalized spacial score (nSPS) is 25.9. The lowest BCUT2D eigenvalue weighted by Crippen LogP contribution is -2.47. The molecule has 2 aliphatic rings. The first-order valence-corrected chi connectivity index (χ1v) is 10.5. The van der Waals surface area contributed by atoms with Gasteiger partial charge < -0.3 is 9.64 Å². The van der Waals surface area contributed by atoms with Gasteiger partial charge in [0.05, 0.1) is 13.2 Å². The number of benzene rings is 1. The third-order valence-electron chi connectivity index (χ3n) is 4.96. The van der Waals surface area contributed by atoms with E-state index in [1.54, 1.807) is 4.31 Å². The highest BCUT2D eigenvalue weighted by atomic mass is 32.2. The number of rotatable bonds is 5. The van der Waals surface area contributed by atoms with Crippen molar-refractivity contribution in [3.63, 3.8) is 0 Å². The van der Waals surface area contributed by atoms with Crippen molar-refractivity contribution in [3.8, 4) is 0 Å². The Bertz CT molecular complexity index is 664. The lowest BCUT2D eigenvalue weighted by molar-refractivity contribution is 0.122. The summed E-state index contributed by atoms with van der Waals surface area (Å²) in [6, 6.07) is 8.00. The minimum absolute atomic E-state index is 0.315. The van der Waals surface area contributed by atoms with Crippen molar-refractivity contribution in [1.29, 1.82) is 0 Å². The van der Waals surface area contributed by atoms with Crippen LogP contribution in [-0.4, -0.2) is 52.1 Å². The summed E-state index contributed by atoms with van der Waals surface area (Å²) in [6.07, 6.45) is 1.09. The molecule has 0 saturated carbocycles. The third kappa shape index (κ3) is 4.73. The molecule has 25 heavy (non-hydrogen) atoms. The summed E-state index contributed by atoms with van der Waals surface area (Å²) < 4.78 is 35.3. The molecule has 2 saturated heterocycles. The van der Waals surface area contributed by atoms with E-state index in [-0.39, 0.29) is 0 Å². The van der Waals surface area contributed by atoms with Crippen LogP contribution in [0.1, 0.15) is 25.8 Å². The molecule has 140 valence electrons. The Labute approximate surface area is 151 Å². The van der Waals surface area contributed by atoms with Crippen molar-refractivity contribution >= 4 is 15.9 Å². The van der Waals surface area contributed by atoms with E-state index in [2.05, 4.69) is 29.5 Å². The number of para-hydroxylation sites is 1. The number of morpholine rings is 1. The highest BCUT2D eigenvalue weighted by Gasteiger charge is 2.30. The standard InChI is InChI=1S/C18H29N3O3S/c1-15-11-16(2)14-21(13-15)25(22,23)19-12-17-5-3-4-6-18(17)20-7-9-24-10-8-20/h3-6,15-16,19H,7-14H2,1-2H3. The van der Waals surface area contributed by atoms with Crippen LogP contribution in [0.25, 0.3) is 0 Å². The Balaban J connectivity index is 1.68. The molecule has 7 heteroatoms. The minimum Gasteiger partial charge on any atom is -0.378 e. The van der Waals surface area contributed by atoms with Gasteiger partial charge in [-0.15, -0.1) is 0 Å². The second-order valence-corrected chi connectivity index (χ2v) is 9.07. The van der Waals surface area contributed by atoms with Gasteiger partial charge in [0.2, 0.25) is 0 Å². The molecular weight excluding hydrogens is 338 g/mol. The van der Waals surface area contributed by atoms with Crippen LogP contribution in [0.5, 0.6) is 0 Å². The Hall–Kier alpha value is -1.15. The first-order valence-electron chi connectivity index (χ1n) is 9.11. The van der Waals surface area contributed by atoms with Crippen molar-refractivity contribution in [2.24, 2.45) is 11.8 Å². The van der Waals surface area contributed by atoms with Gasteiger partial charge in [-0.1, -0.05) is 32.0 Å². The lowest BCUT2D eigenvalue weighted by Gasteiger charge is -2.34. The van der Waals surface area contributed by atoms with Crippen molar-refractivity contribution in [3.05, 3.63) is 29.8 Å². The molecule has 0 radical (unpaired) electrons. The predicted octanol–water partition coefficient (Wildman–Crippen LogP) is 1.84. The first kappa shape index (κ1) is 18.6. The highest BCUT2D eigenvalue weighted by molar-refractivity contribution is 7.87. The molecule has 0 bridgehead atoms. The summed E-state index contributed by atoms with van der Waals surface area (Å²) in [4.78, 5) is 2.26. The monoisotopic (exact) mass is 367 g/mol. The summed E-state index contributed by atoms with van der Waals surface area (Å²) in [7, 11) is -3.45. The van der Waals surface area contributed by atoms with Gasteiger partial charge in [-0.3, -0.25) is 0 Å². The second-order valence-electron chi connectivity index (χ2n) is 7.32. The van der Waals surface area contributed by atoms with E-state index in [1.807, 2.05) is 18.2 Å². The SMILES string of the molecule is CC1CC(C)CN(S(=O)(=O)NCc2ccccc2N2CCOCC2)C1. The minimum atomic E-state index is -3.45. The van der Waals surface area contributed by atoms with E-state index in [4.69, 9.17) is 4.74 Å². The Morgan fingerprint density at radius 2 is 1.76 bits per heavy atom. The van der Waals surface area contributed by atoms with E-state index in [9.17, 15) is 8.42 Å². The maximum Gasteiger partial charge on any atom is 0.279 e. The average Bonchev–Trinajstić information content (AvgIpc) is 2.60. The first-order chi connectivity index (χ1) is 12.0. The van der Waals surface area contributed by atoms with Gasteiger partial charge in [-0.25, -0.2) is 0 Å². The number of piperidine rings is 1. The molecule has 2 heterocycles. The lowest BCUT2D eigenvalue weighted by atomic mass is 9.94. The fraction of sp³-hybridized carbons (Fsp3) is 0.667. The number of nitrogens with zero attached hydrogens (tertiary/aromatic N) is 2. The molecule has 2 fully saturated rings. The summed E-state index contributed by atoms with van der Waals surface area (Å²) in [5.74, 6) is 0.807. The molecule has 0 aliphatic carbocycles. The summed E-state index contributed by atoms with van der Waals surface area (Å²) in [5, 5.41) is 0. The molecule has 1 N–H and O–H groups in total. The van der Waals surface area contributed by atoms with Crippen LogP contribution < -0.4 is 9.62 Å². The fourth-order valence-electron chi connectivity index (χ4n) is 3.84. The third-order valence-corrected chi connectivity index (χ3v) is 6.45. The van der Waals surface area contributed by atoms with Crippen molar-refractivity contribution in [2.45, 2.75) is 26.8 Å². The Morgan fingerprint density at radius 3 is 2.44 bits per heavy atom. The zero-order valence-corrected chi connectivity index (χ0v) is 16.0. The van der Waals surface area contributed by atoms with Crippen LogP contribution in [0.2, 0.25) is 0 Å². The van der Waals surface area contributed by atoms with Gasteiger partial charge in [0.15, 0.2) is 0 Å². The maximum atomic E-state index is 12.7. The van der Waals surface area contributed by atoms with E-state index in [1.165, 1.54) is 0 Å². The van der Waals surface area contributed by atoms with Gasteiger partial charge in [0.1, 0.15) is 0 Å². The predicted molar refractivity (Wildman–Crippen MR) is 99.8 cm³/mol. The van der Waals surface area contributed by atoms with E-state index >= 15 is 0 Å². The molecule has 0 aromatic heterocycles. The van der Waals surface area contributed by atoms with Crippen LogP contribution in [0.4, 0.5) is 5.69 Å². The Kier molecular flexibility index (Phi) is 5.99. The largest absolute Gasteiger partial charge is 0.378 e. The maximum absolute atomic E-state index is 12.7. The van der Waals surface area contributed by atoms with Crippen molar-refractivity contribution in [2.75, 3.05) is 44.3 Å². The topological polar surface area (TPSA) is 61.9 Å². The number of hydrogen-bond acceptors (Lipinski definition) is 4. The molecule has 6 nitrogen and oxygen atoms in total. The van der Waals surface area contributed by atoms with Gasteiger partial charge in [-0.05, 0) is 29.9 Å². The smallest absolute Gasteiger partial charge is 0.279 e. The molecule has 2 aliphatic heterocycles. The van der Waals surface area contributed by atoms with Crippen LogP contribution in [0.3, 0.4) is 0 Å². The zero-order chi connectivity index (χ0) is 17.9. The van der Waals surface area contributed by atoms with Crippen LogP contribution >= 0.6 is 0 Å². The second kappa shape index (κ2) is 8.03. The van der Waals surface area contributed by atoms with Crippen LogP contribution in [-0.2, 0) is 21.5 Å². The zero-order valence-electron chi connectivity index (χ0n) is 15.1. The van der Waals surface area contributed by atoms with Crippen molar-refractivity contribution < 1.29 is 13.2 Å². The van der Waals surface area contributed by atoms with Crippen molar-refractivity contribution in [1.82, 2.24) is 9.03 Å². The summed E-state index contributed by atoms with van der Waals surface area (Å²) >= 11 is 0. The molecule has 2 unspecified atom stereocenters. The average molecular weight is 368 g/mol. The molecule has 0 spiro atoms. The summed E-state index contributed by atoms with van der Waals surface area (Å²) in [5.41, 5.74) is 2.10. The van der Waals surface area contributed by atoms with Gasteiger partial charge in [-0.2, -0.15) is 17.4 Å². The molecule has 2 atom stereocenters. The van der Waals surface area contributed by atoms with Gasteiger partial charge in [0.25, 0.3) is 10.2 Å². The molecule has 1 aromatic carbocycles. The quantitative estimate of drug-likeness (QED) is 0.863. The van der Waals surface area contributed by atoms with E-state index in [0.29, 0.717) is 44.7 Å². The summed E-state index contributed by atoms with van der Waals surface area (Å²) in [6.45, 7) is 8.85. The van der Waals surface area contributed by atoms with Crippen LogP contribution in [0, 0.1) is 11.8 Å². The molecular formula is C18H29N3O3S. The fourth-order valence-corrected chi connectivity index (χ4v) is 5.26. The molecule has 3 rings (SSSR count). The molecule has 0 amide bonds.